The average Bonchev–Trinajstić information content (AvgIpc) is 2.48. The van der Waals surface area contributed by atoms with Gasteiger partial charge in [0.1, 0.15) is 0 Å². The van der Waals surface area contributed by atoms with Gasteiger partial charge in [0.15, 0.2) is 0 Å². The molecule has 1 unspecified atom stereocenters. The summed E-state index contributed by atoms with van der Waals surface area (Å²) in [6.07, 6.45) is 1.74. The largest absolute Gasteiger partial charge is 0.480 e. The summed E-state index contributed by atoms with van der Waals surface area (Å²) in [5.41, 5.74) is 2.02. The van der Waals surface area contributed by atoms with Gasteiger partial charge in [0, 0.05) is 6.04 Å². The van der Waals surface area contributed by atoms with E-state index in [9.17, 15) is 4.79 Å². The quantitative estimate of drug-likeness (QED) is 0.749. The Kier molecular flexibility index (Phi) is 3.24. The number of rotatable bonds is 4. The Balaban J connectivity index is 2.70. The average molecular weight is 197 g/mol. The summed E-state index contributed by atoms with van der Waals surface area (Å²) in [5.74, 6) is -0.823. The first-order valence-electron chi connectivity index (χ1n) is 4.44. The molecule has 5 heteroatoms. The lowest BCUT2D eigenvalue weighted by molar-refractivity contribution is -0.138. The van der Waals surface area contributed by atoms with Crippen molar-refractivity contribution in [2.45, 2.75) is 19.9 Å². The van der Waals surface area contributed by atoms with Crippen LogP contribution in [0, 0.1) is 6.92 Å². The number of aromatic amines is 1. The summed E-state index contributed by atoms with van der Waals surface area (Å²) >= 11 is 0. The summed E-state index contributed by atoms with van der Waals surface area (Å²) < 4.78 is 0. The van der Waals surface area contributed by atoms with Crippen molar-refractivity contribution in [3.63, 3.8) is 0 Å². The van der Waals surface area contributed by atoms with E-state index < -0.39 is 5.97 Å². The zero-order chi connectivity index (χ0) is 10.7. The molecule has 5 nitrogen and oxygen atoms in total. The van der Waals surface area contributed by atoms with Crippen molar-refractivity contribution >= 4 is 5.97 Å². The number of H-pyrrole nitrogens is 1. The van der Waals surface area contributed by atoms with Crippen molar-refractivity contribution in [3.8, 4) is 0 Å². The highest BCUT2D eigenvalue weighted by molar-refractivity contribution is 5.69. The summed E-state index contributed by atoms with van der Waals surface area (Å²) in [6, 6.07) is 0.0357. The summed E-state index contributed by atoms with van der Waals surface area (Å²) in [4.78, 5) is 12.3. The van der Waals surface area contributed by atoms with Crippen LogP contribution in [0.2, 0.25) is 0 Å². The van der Waals surface area contributed by atoms with E-state index in [1.165, 1.54) is 0 Å². The van der Waals surface area contributed by atoms with Crippen LogP contribution in [-0.4, -0.2) is 39.8 Å². The van der Waals surface area contributed by atoms with E-state index in [1.54, 1.807) is 18.1 Å². The van der Waals surface area contributed by atoms with Crippen molar-refractivity contribution in [1.29, 1.82) is 0 Å². The number of aryl methyl sites for hydroxylation is 1. The van der Waals surface area contributed by atoms with Crippen LogP contribution in [-0.2, 0) is 4.79 Å². The molecule has 0 saturated heterocycles. The van der Waals surface area contributed by atoms with E-state index in [4.69, 9.17) is 5.11 Å². The van der Waals surface area contributed by atoms with Crippen molar-refractivity contribution < 1.29 is 9.90 Å². The Hall–Kier alpha value is -1.36. The number of aromatic nitrogens is 2. The minimum absolute atomic E-state index is 0.0274. The van der Waals surface area contributed by atoms with Gasteiger partial charge in [-0.3, -0.25) is 14.8 Å². The maximum absolute atomic E-state index is 10.5. The second kappa shape index (κ2) is 4.23. The lowest BCUT2D eigenvalue weighted by atomic mass is 10.1. The normalized spacial score (nSPS) is 13.1. The fourth-order valence-electron chi connectivity index (χ4n) is 1.35. The topological polar surface area (TPSA) is 69.2 Å². The molecule has 0 spiro atoms. The van der Waals surface area contributed by atoms with Gasteiger partial charge in [-0.1, -0.05) is 0 Å². The van der Waals surface area contributed by atoms with Crippen LogP contribution < -0.4 is 0 Å². The van der Waals surface area contributed by atoms with Crippen LogP contribution in [0.5, 0.6) is 0 Å². The summed E-state index contributed by atoms with van der Waals surface area (Å²) in [6.45, 7) is 3.92. The second-order valence-electron chi connectivity index (χ2n) is 3.45. The first-order chi connectivity index (χ1) is 6.52. The molecule has 1 rings (SSSR count). The number of hydrogen-bond acceptors (Lipinski definition) is 3. The minimum atomic E-state index is -0.823. The molecule has 2 N–H and O–H groups in total. The van der Waals surface area contributed by atoms with E-state index in [0.717, 1.165) is 11.3 Å². The molecule has 0 aromatic carbocycles. The predicted octanol–water partition coefficient (Wildman–Crippen LogP) is 0.796. The minimum Gasteiger partial charge on any atom is -0.480 e. The van der Waals surface area contributed by atoms with Crippen LogP contribution in [0.1, 0.15) is 24.2 Å². The first-order valence-corrected chi connectivity index (χ1v) is 4.44. The molecule has 0 aliphatic rings. The number of carboxylic acids is 1. The first kappa shape index (κ1) is 10.7. The Morgan fingerprint density at radius 2 is 2.43 bits per heavy atom. The van der Waals surface area contributed by atoms with Crippen LogP contribution in [0.25, 0.3) is 0 Å². The highest BCUT2D eigenvalue weighted by Crippen LogP contribution is 2.18. The Morgan fingerprint density at radius 1 is 1.79 bits per heavy atom. The maximum atomic E-state index is 10.5. The van der Waals surface area contributed by atoms with E-state index in [2.05, 4.69) is 10.2 Å². The molecule has 1 aromatic rings. The van der Waals surface area contributed by atoms with Crippen LogP contribution in [0.15, 0.2) is 6.20 Å². The third kappa shape index (κ3) is 2.32. The molecule has 78 valence electrons. The molecule has 0 saturated carbocycles. The number of aliphatic carboxylic acids is 1. The number of carboxylic acid groups (broad SMARTS) is 1. The Morgan fingerprint density at radius 3 is 2.86 bits per heavy atom. The van der Waals surface area contributed by atoms with Gasteiger partial charge in [-0.2, -0.15) is 5.10 Å². The second-order valence-corrected chi connectivity index (χ2v) is 3.45. The SMILES string of the molecule is Cc1cn[nH]c1C(C)N(C)CC(=O)O. The fraction of sp³-hybridized carbons (Fsp3) is 0.556. The van der Waals surface area contributed by atoms with Crippen LogP contribution >= 0.6 is 0 Å². The number of nitrogens with one attached hydrogen (secondary N) is 1. The molecule has 1 heterocycles. The molecule has 0 fully saturated rings. The van der Waals surface area contributed by atoms with E-state index >= 15 is 0 Å². The number of carbonyl (C=O) groups is 1. The van der Waals surface area contributed by atoms with Crippen molar-refractivity contribution in [2.75, 3.05) is 13.6 Å². The lowest BCUT2D eigenvalue weighted by Gasteiger charge is -2.22. The smallest absolute Gasteiger partial charge is 0.317 e. The standard InChI is InChI=1S/C9H15N3O2/c1-6-4-10-11-9(6)7(2)12(3)5-8(13)14/h4,7H,5H2,1-3H3,(H,10,11)(H,13,14). The molecule has 0 radical (unpaired) electrons. The van der Waals surface area contributed by atoms with Gasteiger partial charge in [0.25, 0.3) is 0 Å². The summed E-state index contributed by atoms with van der Waals surface area (Å²) in [5, 5.41) is 15.4. The van der Waals surface area contributed by atoms with Crippen LogP contribution in [0.3, 0.4) is 0 Å². The van der Waals surface area contributed by atoms with E-state index in [1.807, 2.05) is 13.8 Å². The third-order valence-electron chi connectivity index (χ3n) is 2.33. The highest BCUT2D eigenvalue weighted by atomic mass is 16.4. The van der Waals surface area contributed by atoms with Gasteiger partial charge < -0.3 is 5.11 Å². The molecular weight excluding hydrogens is 182 g/mol. The molecule has 0 aliphatic heterocycles. The number of likely N-dealkylation sites (N-methyl/N-ethyl adjacent to an activating group) is 1. The lowest BCUT2D eigenvalue weighted by Crippen LogP contribution is -2.29. The van der Waals surface area contributed by atoms with E-state index in [-0.39, 0.29) is 12.6 Å². The predicted molar refractivity (Wildman–Crippen MR) is 52.0 cm³/mol. The van der Waals surface area contributed by atoms with Crippen molar-refractivity contribution in [2.24, 2.45) is 0 Å². The summed E-state index contributed by atoms with van der Waals surface area (Å²) in [7, 11) is 1.78. The van der Waals surface area contributed by atoms with Crippen molar-refractivity contribution in [1.82, 2.24) is 15.1 Å². The van der Waals surface area contributed by atoms with Gasteiger partial charge in [-0.15, -0.1) is 0 Å². The molecular formula is C9H15N3O2. The van der Waals surface area contributed by atoms with Crippen LogP contribution in [0.4, 0.5) is 0 Å². The monoisotopic (exact) mass is 197 g/mol. The van der Waals surface area contributed by atoms with Gasteiger partial charge in [-0.05, 0) is 26.5 Å². The fourth-order valence-corrected chi connectivity index (χ4v) is 1.35. The Bertz CT molecular complexity index is 322. The zero-order valence-corrected chi connectivity index (χ0v) is 8.61. The van der Waals surface area contributed by atoms with E-state index in [0.29, 0.717) is 0 Å². The van der Waals surface area contributed by atoms with Gasteiger partial charge in [0.2, 0.25) is 0 Å². The molecule has 1 aromatic heterocycles. The molecule has 0 aliphatic carbocycles. The molecule has 1 atom stereocenters. The highest BCUT2D eigenvalue weighted by Gasteiger charge is 2.17. The molecule has 0 bridgehead atoms. The Labute approximate surface area is 82.7 Å². The van der Waals surface area contributed by atoms with Gasteiger partial charge >= 0.3 is 5.97 Å². The number of nitrogens with zero attached hydrogens (tertiary/aromatic N) is 2. The molecule has 14 heavy (non-hydrogen) atoms. The number of hydrogen-bond donors (Lipinski definition) is 2. The maximum Gasteiger partial charge on any atom is 0.317 e. The van der Waals surface area contributed by atoms with Crippen molar-refractivity contribution in [3.05, 3.63) is 17.5 Å². The molecule has 0 amide bonds. The zero-order valence-electron chi connectivity index (χ0n) is 8.61. The van der Waals surface area contributed by atoms with Gasteiger partial charge in [-0.25, -0.2) is 0 Å². The van der Waals surface area contributed by atoms with Gasteiger partial charge in [0.05, 0.1) is 18.4 Å². The third-order valence-corrected chi connectivity index (χ3v) is 2.33.